The molecule has 4 aromatic rings. The number of unbranched alkanes of at least 4 members (excludes halogenated alkanes) is 2. The van der Waals surface area contributed by atoms with Gasteiger partial charge in [-0.2, -0.15) is 0 Å². The average Bonchev–Trinajstić information content (AvgIpc) is 3.32. The quantitative estimate of drug-likeness (QED) is 0.0359. The summed E-state index contributed by atoms with van der Waals surface area (Å²) in [6, 6.07) is 25.5. The number of hydrogen-bond acceptors (Lipinski definition) is 11. The van der Waals surface area contributed by atoms with Crippen LogP contribution in [0.5, 0.6) is 23.0 Å². The molecule has 1 aliphatic heterocycles. The smallest absolute Gasteiger partial charge is 0.410 e. The Hall–Kier alpha value is -6.02. The van der Waals surface area contributed by atoms with E-state index in [0.717, 1.165) is 48.7 Å². The number of methoxy groups -OCH3 is 2. The van der Waals surface area contributed by atoms with E-state index < -0.39 is 29.7 Å². The van der Waals surface area contributed by atoms with Crippen LogP contribution in [-0.4, -0.2) is 79.1 Å². The largest absolute Gasteiger partial charge is 0.496 e. The molecule has 0 aromatic heterocycles. The van der Waals surface area contributed by atoms with Crippen molar-refractivity contribution < 1.29 is 52.7 Å². The van der Waals surface area contributed by atoms with Crippen LogP contribution < -0.4 is 14.2 Å². The van der Waals surface area contributed by atoms with Crippen molar-refractivity contribution in [2.45, 2.75) is 75.8 Å². The van der Waals surface area contributed by atoms with Crippen LogP contribution in [0.4, 0.5) is 9.18 Å². The topological polar surface area (TPSA) is 146 Å². The Labute approximate surface area is 373 Å². The molecule has 0 bridgehead atoms. The summed E-state index contributed by atoms with van der Waals surface area (Å²) in [6.07, 6.45) is 8.38. The van der Waals surface area contributed by atoms with Crippen LogP contribution >= 0.6 is 0 Å². The normalized spacial score (nSPS) is 22.5. The van der Waals surface area contributed by atoms with Gasteiger partial charge >= 0.3 is 6.09 Å². The highest BCUT2D eigenvalue weighted by atomic mass is 19.1. The minimum Gasteiger partial charge on any atom is -0.496 e. The first-order valence-electron chi connectivity index (χ1n) is 21.9. The van der Waals surface area contributed by atoms with Gasteiger partial charge in [-0.3, -0.25) is 9.69 Å². The number of allylic oxidation sites excluding steroid dienone is 1. The molecule has 13 heteroatoms. The predicted octanol–water partition coefficient (Wildman–Crippen LogP) is 9.54. The highest BCUT2D eigenvalue weighted by Gasteiger charge is 2.65. The monoisotopic (exact) mass is 876 g/mol. The second-order valence-electron chi connectivity index (χ2n) is 16.4. The van der Waals surface area contributed by atoms with Crippen molar-refractivity contribution in [1.82, 2.24) is 4.90 Å². The third-order valence-corrected chi connectivity index (χ3v) is 12.5. The molecule has 338 valence electrons. The Morgan fingerprint density at radius 3 is 2.38 bits per heavy atom. The number of fused-ring (bicyclic) bond motifs is 2. The van der Waals surface area contributed by atoms with Crippen molar-refractivity contribution in [3.05, 3.63) is 143 Å². The number of hydrogen-bond donors (Lipinski definition) is 2. The van der Waals surface area contributed by atoms with Crippen LogP contribution in [0.1, 0.15) is 77.9 Å². The summed E-state index contributed by atoms with van der Waals surface area (Å²) in [4.78, 5) is 33.9. The van der Waals surface area contributed by atoms with Crippen molar-refractivity contribution in [3.8, 4) is 23.0 Å². The van der Waals surface area contributed by atoms with Gasteiger partial charge < -0.3 is 38.7 Å². The average molecular weight is 877 g/mol. The van der Waals surface area contributed by atoms with Crippen molar-refractivity contribution in [2.75, 3.05) is 34.0 Å². The minimum atomic E-state index is -1.55. The second kappa shape index (κ2) is 21.6. The Kier molecular flexibility index (Phi) is 15.5. The highest BCUT2D eigenvalue weighted by molar-refractivity contribution is 6.03. The molecule has 6 atom stereocenters. The molecular formula is C51H57FN2O10. The molecule has 2 aliphatic carbocycles. The lowest BCUT2D eigenvalue weighted by atomic mass is 9.55. The summed E-state index contributed by atoms with van der Waals surface area (Å²) in [6.45, 7) is 4.41. The summed E-state index contributed by atoms with van der Waals surface area (Å²) >= 11 is 0. The maximum atomic E-state index is 14.2. The first kappa shape index (κ1) is 46.0. The molecule has 1 saturated carbocycles. The fourth-order valence-corrected chi connectivity index (χ4v) is 9.68. The fourth-order valence-electron chi connectivity index (χ4n) is 9.68. The summed E-state index contributed by atoms with van der Waals surface area (Å²) < 4.78 is 45.9. The third kappa shape index (κ3) is 10.0. The Morgan fingerprint density at radius 1 is 0.938 bits per heavy atom. The van der Waals surface area contributed by atoms with E-state index in [0.29, 0.717) is 52.7 Å². The summed E-state index contributed by atoms with van der Waals surface area (Å²) in [7, 11) is 2.82. The number of carbonyl (C=O) groups is 2. The van der Waals surface area contributed by atoms with Gasteiger partial charge in [0.05, 0.1) is 38.0 Å². The van der Waals surface area contributed by atoms with Crippen molar-refractivity contribution in [3.63, 3.8) is 0 Å². The maximum absolute atomic E-state index is 14.2. The molecule has 7 rings (SSSR count). The van der Waals surface area contributed by atoms with Crippen LogP contribution in [-0.2, 0) is 27.5 Å². The maximum Gasteiger partial charge on any atom is 0.410 e. The third-order valence-electron chi connectivity index (χ3n) is 12.5. The van der Waals surface area contributed by atoms with E-state index in [1.807, 2.05) is 42.5 Å². The van der Waals surface area contributed by atoms with Crippen LogP contribution in [0.2, 0.25) is 0 Å². The number of rotatable bonds is 21. The first-order chi connectivity index (χ1) is 31.3. The Morgan fingerprint density at radius 2 is 1.67 bits per heavy atom. The molecule has 0 radical (unpaired) electrons. The van der Waals surface area contributed by atoms with Gasteiger partial charge in [-0.25, -0.2) is 9.18 Å². The van der Waals surface area contributed by atoms with Gasteiger partial charge in [0.2, 0.25) is 5.79 Å². The summed E-state index contributed by atoms with van der Waals surface area (Å²) in [5, 5.41) is 24.8. The number of oxime groups is 1. The number of nitrogens with zero attached hydrogens (tertiary/aromatic N) is 2. The molecular weight excluding hydrogens is 820 g/mol. The van der Waals surface area contributed by atoms with E-state index in [1.54, 1.807) is 47.4 Å². The fraction of sp³-hybridized carbons (Fsp3) is 0.392. The lowest BCUT2D eigenvalue weighted by molar-refractivity contribution is -0.256. The number of amides is 1. The van der Waals surface area contributed by atoms with Crippen LogP contribution in [0.3, 0.4) is 0 Å². The second-order valence-corrected chi connectivity index (χ2v) is 16.4. The van der Waals surface area contributed by atoms with Crippen LogP contribution in [0, 0.1) is 23.6 Å². The standard InChI is InChI=1S/C51H57FN2O10/c1-4-26-61-51-47(54(50(58)60-3)31-34-16-18-38(52)19-17-34)30-44(53-62-33-35-12-6-5-7-13-35)42-28-36(14-8-10-24-55)41(15-9-11-25-56)48(49(42)51)43-29-40(21-23-46(43)64-51)63-39-20-22-45(59-2)37(27-39)32-57/h4-7,12-13,16-23,27-29,32,36,41,47-49,55-56H,1,8-11,14-15,24-26,30-31,33H2,2-3H3/t36-,41+,47-,48+,49+,51+/m0/s1. The number of carbonyl (C=O) groups excluding carboxylic acids is 2. The van der Waals surface area contributed by atoms with E-state index >= 15 is 0 Å². The molecule has 3 aliphatic rings. The van der Waals surface area contributed by atoms with Gasteiger partial charge in [0, 0.05) is 37.7 Å². The van der Waals surface area contributed by atoms with Crippen molar-refractivity contribution >= 4 is 18.1 Å². The zero-order valence-corrected chi connectivity index (χ0v) is 36.4. The minimum absolute atomic E-state index is 0.00217. The van der Waals surface area contributed by atoms with Gasteiger partial charge in [0.25, 0.3) is 0 Å². The van der Waals surface area contributed by atoms with Crippen molar-refractivity contribution in [2.24, 2.45) is 22.9 Å². The van der Waals surface area contributed by atoms with Gasteiger partial charge in [0.1, 0.15) is 41.5 Å². The lowest BCUT2D eigenvalue weighted by Crippen LogP contribution is -2.70. The zero-order chi connectivity index (χ0) is 45.1. The molecule has 1 fully saturated rings. The molecule has 4 aromatic carbocycles. The molecule has 1 heterocycles. The highest BCUT2D eigenvalue weighted by Crippen LogP contribution is 2.62. The summed E-state index contributed by atoms with van der Waals surface area (Å²) in [5.41, 5.74) is 4.25. The Balaban J connectivity index is 1.44. The number of aliphatic hydroxyl groups is 2. The van der Waals surface area contributed by atoms with Crippen molar-refractivity contribution in [1.29, 1.82) is 0 Å². The van der Waals surface area contributed by atoms with Crippen LogP contribution in [0.25, 0.3) is 0 Å². The SMILES string of the molecule is C=CCO[C@@]12Oc3ccc(Oc4ccc(OC)c(C=O)c4)cc3[C@H]3[C@H](CCCCO)[C@@H](CCCCO)C=C(C(=NOCc4ccccc4)C[C@@H]1N(Cc1ccc(F)cc1)C(=O)OC)[C@H]32. The van der Waals surface area contributed by atoms with E-state index in [9.17, 15) is 24.2 Å². The molecule has 0 unspecified atom stereocenters. The number of ether oxygens (including phenoxy) is 5. The van der Waals surface area contributed by atoms with Gasteiger partial charge in [-0.05, 0) is 103 Å². The van der Waals surface area contributed by atoms with Gasteiger partial charge in [-0.1, -0.05) is 72.6 Å². The van der Waals surface area contributed by atoms with E-state index in [1.165, 1.54) is 26.4 Å². The predicted molar refractivity (Wildman–Crippen MR) is 239 cm³/mol. The lowest BCUT2D eigenvalue weighted by Gasteiger charge is -2.59. The molecule has 0 spiro atoms. The zero-order valence-electron chi connectivity index (χ0n) is 36.4. The van der Waals surface area contributed by atoms with Gasteiger partial charge in [-0.15, -0.1) is 6.58 Å². The van der Waals surface area contributed by atoms with Gasteiger partial charge in [0.15, 0.2) is 6.29 Å². The molecule has 12 nitrogen and oxygen atoms in total. The van der Waals surface area contributed by atoms with E-state index in [2.05, 4.69) is 12.7 Å². The number of aldehydes is 1. The summed E-state index contributed by atoms with van der Waals surface area (Å²) in [5.74, 6) is -1.03. The number of benzene rings is 4. The first-order valence-corrected chi connectivity index (χ1v) is 21.9. The van der Waals surface area contributed by atoms with E-state index in [4.69, 9.17) is 33.7 Å². The van der Waals surface area contributed by atoms with E-state index in [-0.39, 0.29) is 57.1 Å². The molecule has 64 heavy (non-hydrogen) atoms. The molecule has 0 saturated heterocycles. The van der Waals surface area contributed by atoms with Crippen LogP contribution in [0.15, 0.2) is 120 Å². The number of halogens is 1. The Bertz CT molecular complexity index is 2280. The number of aliphatic hydroxyl groups excluding tert-OH is 2. The molecule has 2 N–H and O–H groups in total. The molecule has 1 amide bonds.